The Balaban J connectivity index is 1.50. The van der Waals surface area contributed by atoms with Gasteiger partial charge >= 0.3 is 0 Å². The number of nitrogens with zero attached hydrogens (tertiary/aromatic N) is 2. The second kappa shape index (κ2) is 7.66. The molecule has 28 heavy (non-hydrogen) atoms. The van der Waals surface area contributed by atoms with Crippen LogP contribution in [-0.2, 0) is 0 Å². The van der Waals surface area contributed by atoms with E-state index >= 15 is 0 Å². The van der Waals surface area contributed by atoms with Crippen LogP contribution in [0, 0.1) is 6.92 Å². The smallest absolute Gasteiger partial charge is 0.255 e. The van der Waals surface area contributed by atoms with Gasteiger partial charge in [-0.2, -0.15) is 0 Å². The summed E-state index contributed by atoms with van der Waals surface area (Å²) in [6, 6.07) is 21.8. The zero-order valence-electron chi connectivity index (χ0n) is 15.0. The molecule has 0 saturated carbocycles. The Morgan fingerprint density at radius 3 is 2.25 bits per heavy atom. The van der Waals surface area contributed by atoms with Gasteiger partial charge < -0.3 is 9.73 Å². The quantitative estimate of drug-likeness (QED) is 0.492. The number of carbonyl (C=O) groups is 1. The van der Waals surface area contributed by atoms with Crippen LogP contribution in [0.4, 0.5) is 5.69 Å². The summed E-state index contributed by atoms with van der Waals surface area (Å²) in [7, 11) is 0. The van der Waals surface area contributed by atoms with Gasteiger partial charge in [0.05, 0.1) is 0 Å². The molecule has 0 aliphatic rings. The molecule has 0 aliphatic heterocycles. The molecule has 3 aromatic carbocycles. The maximum atomic E-state index is 12.4. The van der Waals surface area contributed by atoms with E-state index in [0.717, 1.165) is 16.7 Å². The zero-order chi connectivity index (χ0) is 19.5. The summed E-state index contributed by atoms with van der Waals surface area (Å²) in [4.78, 5) is 12.4. The first-order chi connectivity index (χ1) is 13.6. The van der Waals surface area contributed by atoms with Crippen LogP contribution in [0.2, 0.25) is 5.02 Å². The van der Waals surface area contributed by atoms with E-state index in [1.807, 2.05) is 31.2 Å². The second-order valence-electron chi connectivity index (χ2n) is 6.32. The molecule has 0 fully saturated rings. The molecule has 138 valence electrons. The van der Waals surface area contributed by atoms with Crippen molar-refractivity contribution in [3.05, 3.63) is 88.9 Å². The van der Waals surface area contributed by atoms with Gasteiger partial charge in [-0.3, -0.25) is 4.79 Å². The van der Waals surface area contributed by atoms with Crippen LogP contribution < -0.4 is 5.32 Å². The summed E-state index contributed by atoms with van der Waals surface area (Å²) in [5.41, 5.74) is 3.94. The molecule has 5 nitrogen and oxygen atoms in total. The van der Waals surface area contributed by atoms with Crippen molar-refractivity contribution in [3.63, 3.8) is 0 Å². The number of carbonyl (C=O) groups excluding carboxylic acids is 1. The molecular weight excluding hydrogens is 374 g/mol. The van der Waals surface area contributed by atoms with Crippen molar-refractivity contribution in [1.82, 2.24) is 10.2 Å². The highest BCUT2D eigenvalue weighted by Crippen LogP contribution is 2.25. The van der Waals surface area contributed by atoms with E-state index < -0.39 is 0 Å². The van der Waals surface area contributed by atoms with Gasteiger partial charge in [0.2, 0.25) is 11.8 Å². The Kier molecular flexibility index (Phi) is 4.91. The molecule has 1 N–H and O–H groups in total. The van der Waals surface area contributed by atoms with Crippen LogP contribution in [0.25, 0.3) is 22.9 Å². The molecule has 4 aromatic rings. The molecule has 0 radical (unpaired) electrons. The Labute approximate surface area is 167 Å². The van der Waals surface area contributed by atoms with Crippen molar-refractivity contribution >= 4 is 23.2 Å². The van der Waals surface area contributed by atoms with Crippen molar-refractivity contribution in [2.45, 2.75) is 6.92 Å². The fourth-order valence-electron chi connectivity index (χ4n) is 2.74. The lowest BCUT2D eigenvalue weighted by Crippen LogP contribution is -2.11. The van der Waals surface area contributed by atoms with Crippen molar-refractivity contribution < 1.29 is 9.21 Å². The summed E-state index contributed by atoms with van der Waals surface area (Å²) >= 11 is 5.86. The minimum atomic E-state index is -0.208. The van der Waals surface area contributed by atoms with Crippen LogP contribution in [0.3, 0.4) is 0 Å². The molecular formula is C22H16ClN3O2. The van der Waals surface area contributed by atoms with Gasteiger partial charge in [-0.05, 0) is 67.6 Å². The van der Waals surface area contributed by atoms with Gasteiger partial charge in [0.15, 0.2) is 0 Å². The fraction of sp³-hybridized carbons (Fsp3) is 0.0455. The predicted molar refractivity (Wildman–Crippen MR) is 109 cm³/mol. The summed E-state index contributed by atoms with van der Waals surface area (Å²) < 4.78 is 5.78. The number of hydrogen-bond donors (Lipinski definition) is 1. The average Bonchev–Trinajstić information content (AvgIpc) is 3.20. The number of nitrogens with one attached hydrogen (secondary N) is 1. The number of hydrogen-bond acceptors (Lipinski definition) is 4. The van der Waals surface area contributed by atoms with Crippen molar-refractivity contribution in [2.24, 2.45) is 0 Å². The van der Waals surface area contributed by atoms with Gasteiger partial charge in [-0.1, -0.05) is 29.3 Å². The highest BCUT2D eigenvalue weighted by Gasteiger charge is 2.12. The van der Waals surface area contributed by atoms with E-state index in [2.05, 4.69) is 15.5 Å². The minimum absolute atomic E-state index is 0.208. The average molecular weight is 390 g/mol. The summed E-state index contributed by atoms with van der Waals surface area (Å²) in [6.45, 7) is 2.01. The number of rotatable bonds is 4. The van der Waals surface area contributed by atoms with Gasteiger partial charge in [0.25, 0.3) is 5.91 Å². The molecule has 6 heteroatoms. The SMILES string of the molecule is Cc1cccc(-c2nnc(-c3ccc(C(=O)Nc4ccc(Cl)cc4)cc3)o2)c1. The summed E-state index contributed by atoms with van der Waals surface area (Å²) in [5, 5.41) is 11.7. The van der Waals surface area contributed by atoms with Crippen LogP contribution in [-0.4, -0.2) is 16.1 Å². The first kappa shape index (κ1) is 17.9. The molecule has 1 amide bonds. The molecule has 0 unspecified atom stereocenters. The number of aromatic nitrogens is 2. The zero-order valence-corrected chi connectivity index (χ0v) is 15.8. The molecule has 1 heterocycles. The van der Waals surface area contributed by atoms with Crippen LogP contribution in [0.1, 0.15) is 15.9 Å². The van der Waals surface area contributed by atoms with E-state index in [4.69, 9.17) is 16.0 Å². The van der Waals surface area contributed by atoms with Crippen molar-refractivity contribution in [2.75, 3.05) is 5.32 Å². The third kappa shape index (κ3) is 3.94. The highest BCUT2D eigenvalue weighted by molar-refractivity contribution is 6.30. The molecule has 1 aromatic heterocycles. The Bertz CT molecular complexity index is 1120. The molecule has 4 rings (SSSR count). The number of halogens is 1. The minimum Gasteiger partial charge on any atom is -0.416 e. The Morgan fingerprint density at radius 1 is 0.893 bits per heavy atom. The fourth-order valence-corrected chi connectivity index (χ4v) is 2.86. The lowest BCUT2D eigenvalue weighted by atomic mass is 10.1. The monoisotopic (exact) mass is 389 g/mol. The number of aryl methyl sites for hydroxylation is 1. The van der Waals surface area contributed by atoms with E-state index in [-0.39, 0.29) is 5.91 Å². The van der Waals surface area contributed by atoms with Gasteiger partial charge in [-0.15, -0.1) is 10.2 Å². The third-order valence-corrected chi connectivity index (χ3v) is 4.44. The van der Waals surface area contributed by atoms with Crippen LogP contribution in [0.5, 0.6) is 0 Å². The number of amides is 1. The van der Waals surface area contributed by atoms with Gasteiger partial charge in [0, 0.05) is 27.4 Å². The third-order valence-electron chi connectivity index (χ3n) is 4.19. The van der Waals surface area contributed by atoms with Gasteiger partial charge in [0.1, 0.15) is 0 Å². The molecule has 0 atom stereocenters. The lowest BCUT2D eigenvalue weighted by Gasteiger charge is -2.05. The number of anilines is 1. The summed E-state index contributed by atoms with van der Waals surface area (Å²) in [6.07, 6.45) is 0. The van der Waals surface area contributed by atoms with Crippen molar-refractivity contribution in [1.29, 1.82) is 0 Å². The normalized spacial score (nSPS) is 10.6. The molecule has 0 saturated heterocycles. The standard InChI is InChI=1S/C22H16ClN3O2/c1-14-3-2-4-17(13-14)22-26-25-21(28-22)16-7-5-15(6-8-16)20(27)24-19-11-9-18(23)10-12-19/h2-13H,1H3,(H,24,27). The van der Waals surface area contributed by atoms with Crippen LogP contribution in [0.15, 0.2) is 77.2 Å². The van der Waals surface area contributed by atoms with E-state index in [9.17, 15) is 4.79 Å². The Hall–Kier alpha value is -3.44. The maximum absolute atomic E-state index is 12.4. The first-order valence-electron chi connectivity index (χ1n) is 8.66. The first-order valence-corrected chi connectivity index (χ1v) is 9.04. The Morgan fingerprint density at radius 2 is 1.57 bits per heavy atom. The second-order valence-corrected chi connectivity index (χ2v) is 6.76. The number of benzene rings is 3. The molecule has 0 bridgehead atoms. The van der Waals surface area contributed by atoms with E-state index in [0.29, 0.717) is 28.1 Å². The van der Waals surface area contributed by atoms with Gasteiger partial charge in [-0.25, -0.2) is 0 Å². The van der Waals surface area contributed by atoms with Crippen molar-refractivity contribution in [3.8, 4) is 22.9 Å². The highest BCUT2D eigenvalue weighted by atomic mass is 35.5. The lowest BCUT2D eigenvalue weighted by molar-refractivity contribution is 0.102. The summed E-state index contributed by atoms with van der Waals surface area (Å²) in [5.74, 6) is 0.657. The molecule has 0 aliphatic carbocycles. The predicted octanol–water partition coefficient (Wildman–Crippen LogP) is 5.62. The largest absolute Gasteiger partial charge is 0.416 e. The molecule has 0 spiro atoms. The maximum Gasteiger partial charge on any atom is 0.255 e. The van der Waals surface area contributed by atoms with E-state index in [1.165, 1.54) is 0 Å². The topological polar surface area (TPSA) is 68.0 Å². The van der Waals surface area contributed by atoms with E-state index in [1.54, 1.807) is 48.5 Å². The van der Waals surface area contributed by atoms with Crippen LogP contribution >= 0.6 is 11.6 Å².